The molecule has 0 bridgehead atoms. The van der Waals surface area contributed by atoms with Crippen LogP contribution >= 0.6 is 0 Å². The van der Waals surface area contributed by atoms with E-state index in [-0.39, 0.29) is 0 Å². The van der Waals surface area contributed by atoms with E-state index in [1.807, 2.05) is 11.4 Å². The number of fused-ring (bicyclic) bond motifs is 3. The summed E-state index contributed by atoms with van der Waals surface area (Å²) in [6, 6.07) is 4.24. The molecule has 0 amide bonds. The standard InChI is InChI=1S/C20H28N6O/c1-4-5-16-13-17(21-6-7-25-8-10-27-11-9-25)26-20(23-16)18-14(2)12-15(3)22-19(18)24-26/h12-13,21H,4-11H2,1-3H3/p+1. The Morgan fingerprint density at radius 1 is 1.19 bits per heavy atom. The van der Waals surface area contributed by atoms with Gasteiger partial charge in [-0.1, -0.05) is 13.3 Å². The smallest absolute Gasteiger partial charge is 0.184 e. The molecule has 3 aromatic rings. The van der Waals surface area contributed by atoms with Gasteiger partial charge in [-0.15, -0.1) is 5.10 Å². The van der Waals surface area contributed by atoms with Crippen LogP contribution < -0.4 is 10.2 Å². The molecule has 1 aliphatic heterocycles. The van der Waals surface area contributed by atoms with E-state index in [0.29, 0.717) is 0 Å². The summed E-state index contributed by atoms with van der Waals surface area (Å²) in [5, 5.41) is 9.41. The van der Waals surface area contributed by atoms with Crippen LogP contribution in [0.25, 0.3) is 16.7 Å². The summed E-state index contributed by atoms with van der Waals surface area (Å²) in [5.41, 5.74) is 4.95. The summed E-state index contributed by atoms with van der Waals surface area (Å²) in [4.78, 5) is 11.1. The summed E-state index contributed by atoms with van der Waals surface area (Å²) in [7, 11) is 0. The Hall–Kier alpha value is -2.25. The molecule has 0 atom stereocenters. The summed E-state index contributed by atoms with van der Waals surface area (Å²) in [6.07, 6.45) is 2.04. The van der Waals surface area contributed by atoms with E-state index in [9.17, 15) is 0 Å². The highest BCUT2D eigenvalue weighted by atomic mass is 16.5. The minimum absolute atomic E-state index is 0.774. The van der Waals surface area contributed by atoms with E-state index in [4.69, 9.17) is 14.8 Å². The topological polar surface area (TPSA) is 68.8 Å². The van der Waals surface area contributed by atoms with Crippen LogP contribution in [0, 0.1) is 13.8 Å². The van der Waals surface area contributed by atoms with Crippen LogP contribution in [0.2, 0.25) is 0 Å². The number of aryl methyl sites for hydroxylation is 3. The third kappa shape index (κ3) is 3.75. The number of quaternary nitrogens is 1. The molecule has 7 nitrogen and oxygen atoms in total. The maximum atomic E-state index is 5.45. The molecule has 4 rings (SSSR count). The van der Waals surface area contributed by atoms with Crippen molar-refractivity contribution in [1.29, 1.82) is 0 Å². The Bertz CT molecular complexity index is 945. The molecule has 0 radical (unpaired) electrons. The molecule has 1 aliphatic rings. The maximum absolute atomic E-state index is 5.45. The third-order valence-electron chi connectivity index (χ3n) is 5.22. The van der Waals surface area contributed by atoms with Crippen molar-refractivity contribution in [2.45, 2.75) is 33.6 Å². The average Bonchev–Trinajstić information content (AvgIpc) is 3.01. The normalized spacial score (nSPS) is 15.7. The molecular weight excluding hydrogens is 340 g/mol. The van der Waals surface area contributed by atoms with Gasteiger partial charge >= 0.3 is 0 Å². The molecule has 2 N–H and O–H groups in total. The van der Waals surface area contributed by atoms with E-state index in [1.165, 1.54) is 5.56 Å². The number of ether oxygens (including phenoxy) is 1. The molecule has 144 valence electrons. The number of rotatable bonds is 6. The van der Waals surface area contributed by atoms with Crippen molar-refractivity contribution in [2.24, 2.45) is 0 Å². The van der Waals surface area contributed by atoms with Crippen molar-refractivity contribution in [2.75, 3.05) is 44.7 Å². The SMILES string of the molecule is CCCc1cc(NCC[NH+]2CCOCC2)n2nc3nc(C)cc(C)c3c2n1. The molecule has 3 aromatic heterocycles. The first-order valence-electron chi connectivity index (χ1n) is 9.97. The second-order valence-corrected chi connectivity index (χ2v) is 7.44. The molecule has 0 unspecified atom stereocenters. The number of morpholine rings is 1. The Morgan fingerprint density at radius 2 is 2.00 bits per heavy atom. The fraction of sp³-hybridized carbons (Fsp3) is 0.550. The van der Waals surface area contributed by atoms with Crippen molar-refractivity contribution in [3.63, 3.8) is 0 Å². The summed E-state index contributed by atoms with van der Waals surface area (Å²) in [5.74, 6) is 1.01. The molecule has 7 heteroatoms. The lowest BCUT2D eigenvalue weighted by molar-refractivity contribution is -0.906. The molecule has 0 saturated carbocycles. The Balaban J connectivity index is 1.68. The van der Waals surface area contributed by atoms with E-state index < -0.39 is 0 Å². The van der Waals surface area contributed by atoms with Crippen molar-refractivity contribution in [3.8, 4) is 0 Å². The number of anilines is 1. The number of nitrogens with one attached hydrogen (secondary N) is 2. The van der Waals surface area contributed by atoms with Crippen LogP contribution in [0.5, 0.6) is 0 Å². The number of aromatic nitrogens is 4. The highest BCUT2D eigenvalue weighted by Crippen LogP contribution is 2.25. The van der Waals surface area contributed by atoms with E-state index >= 15 is 0 Å². The minimum Gasteiger partial charge on any atom is -0.370 e. The van der Waals surface area contributed by atoms with Gasteiger partial charge < -0.3 is 15.0 Å². The second kappa shape index (κ2) is 7.78. The van der Waals surface area contributed by atoms with Gasteiger partial charge in [-0.25, -0.2) is 9.97 Å². The Labute approximate surface area is 159 Å². The van der Waals surface area contributed by atoms with E-state index in [1.54, 1.807) is 4.90 Å². The predicted molar refractivity (Wildman–Crippen MR) is 107 cm³/mol. The predicted octanol–water partition coefficient (Wildman–Crippen LogP) is 1.17. The van der Waals surface area contributed by atoms with Crippen LogP contribution in [0.1, 0.15) is 30.3 Å². The Morgan fingerprint density at radius 3 is 2.78 bits per heavy atom. The number of nitrogens with zero attached hydrogens (tertiary/aromatic N) is 4. The monoisotopic (exact) mass is 369 g/mol. The van der Waals surface area contributed by atoms with Crippen molar-refractivity contribution < 1.29 is 9.64 Å². The van der Waals surface area contributed by atoms with E-state index in [2.05, 4.69) is 36.3 Å². The van der Waals surface area contributed by atoms with Gasteiger partial charge in [0.25, 0.3) is 0 Å². The van der Waals surface area contributed by atoms with Crippen molar-refractivity contribution in [3.05, 3.63) is 29.1 Å². The second-order valence-electron chi connectivity index (χ2n) is 7.44. The Kier molecular flexibility index (Phi) is 5.22. The quantitative estimate of drug-likeness (QED) is 0.683. The van der Waals surface area contributed by atoms with Crippen LogP contribution in [-0.4, -0.2) is 59.0 Å². The molecule has 1 fully saturated rings. The molecule has 27 heavy (non-hydrogen) atoms. The van der Waals surface area contributed by atoms with Crippen molar-refractivity contribution >= 4 is 22.5 Å². The van der Waals surface area contributed by atoms with Gasteiger partial charge in [0.05, 0.1) is 31.7 Å². The lowest BCUT2D eigenvalue weighted by atomic mass is 10.2. The summed E-state index contributed by atoms with van der Waals surface area (Å²) >= 11 is 0. The lowest BCUT2D eigenvalue weighted by Crippen LogP contribution is -3.14. The van der Waals surface area contributed by atoms with Gasteiger partial charge in [-0.3, -0.25) is 0 Å². The molecule has 1 saturated heterocycles. The zero-order valence-corrected chi connectivity index (χ0v) is 16.5. The highest BCUT2D eigenvalue weighted by molar-refractivity contribution is 5.93. The summed E-state index contributed by atoms with van der Waals surface area (Å²) in [6.45, 7) is 12.2. The number of hydrogen-bond acceptors (Lipinski definition) is 5. The molecular formula is C20H29N6O+. The summed E-state index contributed by atoms with van der Waals surface area (Å²) < 4.78 is 7.38. The van der Waals surface area contributed by atoms with Crippen LogP contribution in [0.15, 0.2) is 12.1 Å². The first-order chi connectivity index (χ1) is 13.2. The number of hydrogen-bond donors (Lipinski definition) is 2. The van der Waals surface area contributed by atoms with Gasteiger partial charge in [0.2, 0.25) is 0 Å². The molecule has 0 aliphatic carbocycles. The zero-order chi connectivity index (χ0) is 18.8. The average molecular weight is 369 g/mol. The van der Waals surface area contributed by atoms with E-state index in [0.717, 1.165) is 86.1 Å². The fourth-order valence-electron chi connectivity index (χ4n) is 3.86. The maximum Gasteiger partial charge on any atom is 0.184 e. The highest BCUT2D eigenvalue weighted by Gasteiger charge is 2.16. The van der Waals surface area contributed by atoms with Gasteiger partial charge in [0.1, 0.15) is 18.9 Å². The van der Waals surface area contributed by atoms with Gasteiger partial charge in [-0.05, 0) is 31.9 Å². The van der Waals surface area contributed by atoms with Gasteiger partial charge in [-0.2, -0.15) is 4.52 Å². The first kappa shape index (κ1) is 18.1. The lowest BCUT2D eigenvalue weighted by Gasteiger charge is -2.24. The van der Waals surface area contributed by atoms with Crippen LogP contribution in [0.3, 0.4) is 0 Å². The third-order valence-corrected chi connectivity index (χ3v) is 5.22. The van der Waals surface area contributed by atoms with Crippen molar-refractivity contribution in [1.82, 2.24) is 19.6 Å². The minimum atomic E-state index is 0.774. The van der Waals surface area contributed by atoms with Gasteiger partial charge in [0, 0.05) is 17.5 Å². The molecule has 0 aromatic carbocycles. The molecule has 0 spiro atoms. The zero-order valence-electron chi connectivity index (χ0n) is 16.5. The van der Waals surface area contributed by atoms with Crippen LogP contribution in [0.4, 0.5) is 5.82 Å². The molecule has 4 heterocycles. The first-order valence-corrected chi connectivity index (χ1v) is 9.97. The van der Waals surface area contributed by atoms with Gasteiger partial charge in [0.15, 0.2) is 11.3 Å². The van der Waals surface area contributed by atoms with Crippen LogP contribution in [-0.2, 0) is 11.2 Å². The number of pyridine rings is 1. The fourth-order valence-corrected chi connectivity index (χ4v) is 3.86. The largest absolute Gasteiger partial charge is 0.370 e.